The molecule has 0 aromatic heterocycles. The number of rotatable bonds is 7. The standard InChI is InChI=1S/C15H32N2O/c1-5-8-16-13(2)15(3,4)12-17-9-6-14(11-18)7-10-17/h13-14,16,18H,5-12H2,1-4H3. The van der Waals surface area contributed by atoms with Crippen LogP contribution in [0.4, 0.5) is 0 Å². The zero-order chi connectivity index (χ0) is 13.6. The smallest absolute Gasteiger partial charge is 0.0460 e. The molecule has 1 rings (SSSR count). The molecular weight excluding hydrogens is 224 g/mol. The van der Waals surface area contributed by atoms with Crippen molar-refractivity contribution in [1.82, 2.24) is 10.2 Å². The van der Waals surface area contributed by atoms with Gasteiger partial charge in [0, 0.05) is 19.2 Å². The summed E-state index contributed by atoms with van der Waals surface area (Å²) in [6, 6.07) is 0.549. The number of aliphatic hydroxyl groups excluding tert-OH is 1. The summed E-state index contributed by atoms with van der Waals surface area (Å²) in [6.45, 7) is 14.2. The average molecular weight is 256 g/mol. The van der Waals surface area contributed by atoms with Crippen LogP contribution in [-0.4, -0.2) is 48.8 Å². The van der Waals surface area contributed by atoms with Crippen LogP contribution in [0.15, 0.2) is 0 Å². The van der Waals surface area contributed by atoms with Crippen LogP contribution in [0.2, 0.25) is 0 Å². The van der Waals surface area contributed by atoms with Gasteiger partial charge >= 0.3 is 0 Å². The van der Waals surface area contributed by atoms with E-state index < -0.39 is 0 Å². The van der Waals surface area contributed by atoms with Gasteiger partial charge in [-0.05, 0) is 57.2 Å². The van der Waals surface area contributed by atoms with Gasteiger partial charge in [-0.1, -0.05) is 20.8 Å². The monoisotopic (exact) mass is 256 g/mol. The van der Waals surface area contributed by atoms with Crippen LogP contribution in [0.5, 0.6) is 0 Å². The van der Waals surface area contributed by atoms with E-state index in [0.717, 1.165) is 39.0 Å². The zero-order valence-electron chi connectivity index (χ0n) is 12.7. The first kappa shape index (κ1) is 15.9. The van der Waals surface area contributed by atoms with Crippen molar-refractivity contribution in [2.45, 2.75) is 53.0 Å². The Hall–Kier alpha value is -0.120. The molecule has 0 amide bonds. The van der Waals surface area contributed by atoms with Gasteiger partial charge in [0.2, 0.25) is 0 Å². The second-order valence-electron chi connectivity index (χ2n) is 6.57. The molecule has 1 atom stereocenters. The largest absolute Gasteiger partial charge is 0.396 e. The summed E-state index contributed by atoms with van der Waals surface area (Å²) in [6.07, 6.45) is 3.51. The molecule has 0 aromatic carbocycles. The second kappa shape index (κ2) is 7.46. The number of nitrogens with zero attached hydrogens (tertiary/aromatic N) is 1. The van der Waals surface area contributed by atoms with Crippen molar-refractivity contribution < 1.29 is 5.11 Å². The fraction of sp³-hybridized carbons (Fsp3) is 1.00. The van der Waals surface area contributed by atoms with Gasteiger partial charge in [-0.2, -0.15) is 0 Å². The number of hydrogen-bond acceptors (Lipinski definition) is 3. The summed E-state index contributed by atoms with van der Waals surface area (Å²) < 4.78 is 0. The molecule has 1 aliphatic rings. The molecule has 0 saturated carbocycles. The Bertz CT molecular complexity index is 223. The van der Waals surface area contributed by atoms with E-state index in [0.29, 0.717) is 24.0 Å². The van der Waals surface area contributed by atoms with E-state index >= 15 is 0 Å². The van der Waals surface area contributed by atoms with E-state index in [-0.39, 0.29) is 0 Å². The van der Waals surface area contributed by atoms with E-state index in [1.165, 1.54) is 6.42 Å². The van der Waals surface area contributed by atoms with Crippen LogP contribution in [0, 0.1) is 11.3 Å². The van der Waals surface area contributed by atoms with Crippen LogP contribution in [-0.2, 0) is 0 Å². The Balaban J connectivity index is 2.36. The second-order valence-corrected chi connectivity index (χ2v) is 6.57. The van der Waals surface area contributed by atoms with Crippen LogP contribution < -0.4 is 5.32 Å². The van der Waals surface area contributed by atoms with E-state index in [1.807, 2.05) is 0 Å². The van der Waals surface area contributed by atoms with Crippen molar-refractivity contribution in [1.29, 1.82) is 0 Å². The van der Waals surface area contributed by atoms with Gasteiger partial charge in [-0.3, -0.25) is 0 Å². The minimum Gasteiger partial charge on any atom is -0.396 e. The lowest BCUT2D eigenvalue weighted by atomic mass is 9.83. The third-order valence-corrected chi connectivity index (χ3v) is 4.47. The SMILES string of the molecule is CCCNC(C)C(C)(C)CN1CCC(CO)CC1. The van der Waals surface area contributed by atoms with Crippen molar-refractivity contribution in [3.05, 3.63) is 0 Å². The van der Waals surface area contributed by atoms with Crippen molar-refractivity contribution in [2.75, 3.05) is 32.8 Å². The van der Waals surface area contributed by atoms with Crippen LogP contribution in [0.25, 0.3) is 0 Å². The first-order valence-corrected chi connectivity index (χ1v) is 7.56. The minimum absolute atomic E-state index is 0.307. The highest BCUT2D eigenvalue weighted by atomic mass is 16.3. The van der Waals surface area contributed by atoms with E-state index in [4.69, 9.17) is 5.11 Å². The topological polar surface area (TPSA) is 35.5 Å². The van der Waals surface area contributed by atoms with Gasteiger partial charge in [0.05, 0.1) is 0 Å². The normalized spacial score (nSPS) is 21.2. The third-order valence-electron chi connectivity index (χ3n) is 4.47. The zero-order valence-corrected chi connectivity index (χ0v) is 12.7. The molecule has 3 nitrogen and oxygen atoms in total. The lowest BCUT2D eigenvalue weighted by molar-refractivity contribution is 0.0873. The lowest BCUT2D eigenvalue weighted by Crippen LogP contribution is -2.48. The molecule has 0 radical (unpaired) electrons. The van der Waals surface area contributed by atoms with E-state index in [2.05, 4.69) is 37.9 Å². The maximum Gasteiger partial charge on any atom is 0.0460 e. The molecule has 3 heteroatoms. The van der Waals surface area contributed by atoms with Crippen molar-refractivity contribution in [2.24, 2.45) is 11.3 Å². The van der Waals surface area contributed by atoms with Crippen LogP contribution >= 0.6 is 0 Å². The first-order valence-electron chi connectivity index (χ1n) is 7.56. The summed E-state index contributed by atoms with van der Waals surface area (Å²) in [5.41, 5.74) is 0.307. The maximum absolute atomic E-state index is 9.17. The lowest BCUT2D eigenvalue weighted by Gasteiger charge is -2.40. The molecule has 108 valence electrons. The van der Waals surface area contributed by atoms with Crippen molar-refractivity contribution in [3.63, 3.8) is 0 Å². The Kier molecular flexibility index (Phi) is 6.61. The molecule has 18 heavy (non-hydrogen) atoms. The molecule has 0 aliphatic carbocycles. The van der Waals surface area contributed by atoms with Gasteiger partial charge in [-0.25, -0.2) is 0 Å². The van der Waals surface area contributed by atoms with Crippen LogP contribution in [0.3, 0.4) is 0 Å². The molecular formula is C15H32N2O. The Morgan fingerprint density at radius 2 is 1.94 bits per heavy atom. The van der Waals surface area contributed by atoms with Gasteiger partial charge in [0.15, 0.2) is 0 Å². The molecule has 1 saturated heterocycles. The predicted octanol–water partition coefficient (Wildman–Crippen LogP) is 2.10. The van der Waals surface area contributed by atoms with Gasteiger partial charge in [0.25, 0.3) is 0 Å². The highest BCUT2D eigenvalue weighted by Gasteiger charge is 2.29. The Morgan fingerprint density at radius 1 is 1.33 bits per heavy atom. The van der Waals surface area contributed by atoms with Gasteiger partial charge in [0.1, 0.15) is 0 Å². The number of likely N-dealkylation sites (tertiary alicyclic amines) is 1. The quantitative estimate of drug-likeness (QED) is 0.732. The average Bonchev–Trinajstić information content (AvgIpc) is 2.36. The van der Waals surface area contributed by atoms with Gasteiger partial charge < -0.3 is 15.3 Å². The summed E-state index contributed by atoms with van der Waals surface area (Å²) in [5.74, 6) is 0.542. The highest BCUT2D eigenvalue weighted by Crippen LogP contribution is 2.25. The summed E-state index contributed by atoms with van der Waals surface area (Å²) in [7, 11) is 0. The Labute approximate surface area is 113 Å². The third kappa shape index (κ3) is 4.87. The minimum atomic E-state index is 0.307. The first-order chi connectivity index (χ1) is 8.49. The number of aliphatic hydroxyl groups is 1. The molecule has 0 bridgehead atoms. The Morgan fingerprint density at radius 3 is 2.44 bits per heavy atom. The molecule has 0 aromatic rings. The fourth-order valence-corrected chi connectivity index (χ4v) is 2.68. The molecule has 2 N–H and O–H groups in total. The number of hydrogen-bond donors (Lipinski definition) is 2. The van der Waals surface area contributed by atoms with E-state index in [1.54, 1.807) is 0 Å². The van der Waals surface area contributed by atoms with Crippen molar-refractivity contribution in [3.8, 4) is 0 Å². The molecule has 0 spiro atoms. The summed E-state index contributed by atoms with van der Waals surface area (Å²) in [5, 5.41) is 12.8. The summed E-state index contributed by atoms with van der Waals surface area (Å²) >= 11 is 0. The fourth-order valence-electron chi connectivity index (χ4n) is 2.68. The maximum atomic E-state index is 9.17. The van der Waals surface area contributed by atoms with E-state index in [9.17, 15) is 0 Å². The molecule has 1 fully saturated rings. The van der Waals surface area contributed by atoms with Gasteiger partial charge in [-0.15, -0.1) is 0 Å². The number of nitrogens with one attached hydrogen (secondary N) is 1. The van der Waals surface area contributed by atoms with Crippen molar-refractivity contribution >= 4 is 0 Å². The highest BCUT2D eigenvalue weighted by molar-refractivity contribution is 4.85. The molecule has 1 aliphatic heterocycles. The number of piperidine rings is 1. The summed E-state index contributed by atoms with van der Waals surface area (Å²) in [4.78, 5) is 2.57. The predicted molar refractivity (Wildman–Crippen MR) is 77.8 cm³/mol. The van der Waals surface area contributed by atoms with Crippen LogP contribution in [0.1, 0.15) is 47.0 Å². The molecule has 1 heterocycles. The molecule has 1 unspecified atom stereocenters.